The van der Waals surface area contributed by atoms with Crippen molar-refractivity contribution in [3.63, 3.8) is 0 Å². The summed E-state index contributed by atoms with van der Waals surface area (Å²) in [5.41, 5.74) is -2.97. The molecule has 0 bridgehead atoms. The predicted molar refractivity (Wildman–Crippen MR) is 66.2 cm³/mol. The molecule has 20 heavy (non-hydrogen) atoms. The van der Waals surface area contributed by atoms with Crippen LogP contribution in [-0.4, -0.2) is 50.9 Å². The van der Waals surface area contributed by atoms with E-state index in [2.05, 4.69) is 4.98 Å². The Kier molecular flexibility index (Phi) is 4.07. The Morgan fingerprint density at radius 3 is 2.85 bits per heavy atom. The summed E-state index contributed by atoms with van der Waals surface area (Å²) in [6.07, 6.45) is -2.69. The molecule has 1 aromatic rings. The third-order valence-corrected chi connectivity index (χ3v) is 3.25. The van der Waals surface area contributed by atoms with Crippen molar-refractivity contribution in [2.75, 3.05) is 13.2 Å². The minimum atomic E-state index is -2.22. The molecule has 112 valence electrons. The zero-order valence-electron chi connectivity index (χ0n) is 11.2. The first kappa shape index (κ1) is 14.9. The Morgan fingerprint density at radius 2 is 2.35 bits per heavy atom. The second-order valence-electron chi connectivity index (χ2n) is 4.69. The van der Waals surface area contributed by atoms with Crippen molar-refractivity contribution in [3.8, 4) is 5.88 Å². The minimum Gasteiger partial charge on any atom is -0.478 e. The van der Waals surface area contributed by atoms with Crippen LogP contribution < -0.4 is 10.4 Å². The molecule has 0 aliphatic carbocycles. The van der Waals surface area contributed by atoms with Crippen molar-refractivity contribution in [3.05, 3.63) is 22.7 Å². The monoisotopic (exact) mass is 288 g/mol. The third-order valence-electron chi connectivity index (χ3n) is 3.25. The van der Waals surface area contributed by atoms with E-state index in [-0.39, 0.29) is 5.88 Å². The van der Waals surface area contributed by atoms with Gasteiger partial charge in [0.2, 0.25) is 5.88 Å². The van der Waals surface area contributed by atoms with Gasteiger partial charge in [-0.1, -0.05) is 0 Å². The van der Waals surface area contributed by atoms with Crippen molar-refractivity contribution in [1.29, 1.82) is 0 Å². The average molecular weight is 288 g/mol. The standard InChI is InChI=1S/C12H17FN2O5/c1-3-19-8-4-5-15(11(18)14-8)10-12(2,13)9(17)7(6-16)20-10/h4-5,7,9-10,16-17H,3,6H2,1-2H3/t7-,9?,10-,12-/m1/s1. The maximum Gasteiger partial charge on any atom is 0.353 e. The molecule has 0 aromatic carbocycles. The van der Waals surface area contributed by atoms with Gasteiger partial charge in [0.15, 0.2) is 11.9 Å². The molecule has 7 nitrogen and oxygen atoms in total. The lowest BCUT2D eigenvalue weighted by molar-refractivity contribution is -0.0612. The molecule has 4 atom stereocenters. The molecule has 0 spiro atoms. The van der Waals surface area contributed by atoms with Crippen LogP contribution in [0.2, 0.25) is 0 Å². The maximum absolute atomic E-state index is 14.5. The molecule has 1 fully saturated rings. The number of halogens is 1. The number of rotatable bonds is 4. The van der Waals surface area contributed by atoms with Gasteiger partial charge < -0.3 is 19.7 Å². The van der Waals surface area contributed by atoms with E-state index in [1.165, 1.54) is 12.3 Å². The number of nitrogens with zero attached hydrogens (tertiary/aromatic N) is 2. The number of aromatic nitrogens is 2. The Bertz CT molecular complexity index is 533. The average Bonchev–Trinajstić information content (AvgIpc) is 2.62. The van der Waals surface area contributed by atoms with E-state index in [0.717, 1.165) is 11.5 Å². The van der Waals surface area contributed by atoms with Gasteiger partial charge in [0.25, 0.3) is 0 Å². The lowest BCUT2D eigenvalue weighted by Crippen LogP contribution is -2.42. The van der Waals surface area contributed by atoms with Crippen molar-refractivity contribution >= 4 is 0 Å². The van der Waals surface area contributed by atoms with Crippen LogP contribution in [0, 0.1) is 0 Å². The topological polar surface area (TPSA) is 93.8 Å². The van der Waals surface area contributed by atoms with Gasteiger partial charge in [0, 0.05) is 12.3 Å². The molecular formula is C12H17FN2O5. The molecule has 2 heterocycles. The van der Waals surface area contributed by atoms with E-state index in [4.69, 9.17) is 14.6 Å². The first-order valence-corrected chi connectivity index (χ1v) is 6.27. The maximum atomic E-state index is 14.5. The number of aliphatic hydroxyl groups is 2. The number of ether oxygens (including phenoxy) is 2. The zero-order chi connectivity index (χ0) is 14.9. The predicted octanol–water partition coefficient (Wildman–Crippen LogP) is -0.379. The van der Waals surface area contributed by atoms with Gasteiger partial charge in [0.1, 0.15) is 12.2 Å². The quantitative estimate of drug-likeness (QED) is 0.784. The lowest BCUT2D eigenvalue weighted by Gasteiger charge is -2.24. The van der Waals surface area contributed by atoms with E-state index in [1.807, 2.05) is 0 Å². The van der Waals surface area contributed by atoms with Crippen LogP contribution in [0.5, 0.6) is 5.88 Å². The first-order valence-electron chi connectivity index (χ1n) is 6.27. The molecule has 2 N–H and O–H groups in total. The molecule has 1 aliphatic rings. The highest BCUT2D eigenvalue weighted by molar-refractivity contribution is 5.08. The summed E-state index contributed by atoms with van der Waals surface area (Å²) in [6, 6.07) is 1.41. The minimum absolute atomic E-state index is 0.131. The highest BCUT2D eigenvalue weighted by atomic mass is 19.1. The molecular weight excluding hydrogens is 271 g/mol. The highest BCUT2D eigenvalue weighted by Gasteiger charge is 2.55. The van der Waals surface area contributed by atoms with Gasteiger partial charge >= 0.3 is 5.69 Å². The second kappa shape index (κ2) is 5.47. The number of hydrogen-bond acceptors (Lipinski definition) is 6. The fourth-order valence-corrected chi connectivity index (χ4v) is 2.17. The van der Waals surface area contributed by atoms with Crippen molar-refractivity contribution in [2.24, 2.45) is 0 Å². The summed E-state index contributed by atoms with van der Waals surface area (Å²) in [5.74, 6) is 0.131. The Morgan fingerprint density at radius 1 is 1.65 bits per heavy atom. The van der Waals surface area contributed by atoms with Gasteiger partial charge in [-0.25, -0.2) is 9.18 Å². The van der Waals surface area contributed by atoms with E-state index >= 15 is 0 Å². The molecule has 0 amide bonds. The van der Waals surface area contributed by atoms with Gasteiger partial charge in [-0.05, 0) is 13.8 Å². The fourth-order valence-electron chi connectivity index (χ4n) is 2.17. The largest absolute Gasteiger partial charge is 0.478 e. The molecule has 2 rings (SSSR count). The van der Waals surface area contributed by atoms with Crippen molar-refractivity contribution in [1.82, 2.24) is 9.55 Å². The Labute approximate surface area is 114 Å². The van der Waals surface area contributed by atoms with Crippen LogP contribution in [0.1, 0.15) is 20.1 Å². The lowest BCUT2D eigenvalue weighted by atomic mass is 9.98. The summed E-state index contributed by atoms with van der Waals surface area (Å²) >= 11 is 0. The Balaban J connectivity index is 2.34. The van der Waals surface area contributed by atoms with Gasteiger partial charge in [0.05, 0.1) is 13.2 Å². The van der Waals surface area contributed by atoms with E-state index < -0.39 is 36.4 Å². The van der Waals surface area contributed by atoms with E-state index in [1.54, 1.807) is 6.92 Å². The number of alkyl halides is 1. The zero-order valence-corrected chi connectivity index (χ0v) is 11.2. The third kappa shape index (κ3) is 2.41. The van der Waals surface area contributed by atoms with Gasteiger partial charge in [-0.2, -0.15) is 4.98 Å². The number of aliphatic hydroxyl groups excluding tert-OH is 2. The molecule has 1 saturated heterocycles. The highest BCUT2D eigenvalue weighted by Crippen LogP contribution is 2.40. The fraction of sp³-hybridized carbons (Fsp3) is 0.667. The molecule has 8 heteroatoms. The summed E-state index contributed by atoms with van der Waals surface area (Å²) < 4.78 is 25.7. The second-order valence-corrected chi connectivity index (χ2v) is 4.69. The summed E-state index contributed by atoms with van der Waals surface area (Å²) in [7, 11) is 0. The summed E-state index contributed by atoms with van der Waals surface area (Å²) in [5, 5.41) is 18.8. The van der Waals surface area contributed by atoms with Crippen LogP contribution >= 0.6 is 0 Å². The van der Waals surface area contributed by atoms with Gasteiger partial charge in [-0.3, -0.25) is 4.57 Å². The molecule has 1 aromatic heterocycles. The molecule has 0 saturated carbocycles. The normalized spacial score (nSPS) is 33.4. The smallest absolute Gasteiger partial charge is 0.353 e. The molecule has 0 radical (unpaired) electrons. The van der Waals surface area contributed by atoms with Crippen LogP contribution in [0.4, 0.5) is 4.39 Å². The summed E-state index contributed by atoms with van der Waals surface area (Å²) in [4.78, 5) is 15.5. The van der Waals surface area contributed by atoms with Gasteiger partial charge in [-0.15, -0.1) is 0 Å². The Hall–Kier alpha value is -1.51. The van der Waals surface area contributed by atoms with Crippen LogP contribution in [0.25, 0.3) is 0 Å². The summed E-state index contributed by atoms with van der Waals surface area (Å²) in [6.45, 7) is 2.66. The van der Waals surface area contributed by atoms with Crippen LogP contribution in [0.15, 0.2) is 17.1 Å². The van der Waals surface area contributed by atoms with Crippen LogP contribution in [-0.2, 0) is 4.74 Å². The van der Waals surface area contributed by atoms with E-state index in [0.29, 0.717) is 6.61 Å². The van der Waals surface area contributed by atoms with Crippen molar-refractivity contribution < 1.29 is 24.1 Å². The molecule has 1 aliphatic heterocycles. The van der Waals surface area contributed by atoms with E-state index in [9.17, 15) is 14.3 Å². The molecule has 1 unspecified atom stereocenters. The SMILES string of the molecule is CCOc1ccn([C@@H]2O[C@H](CO)C(O)[C@@]2(C)F)c(=O)n1. The first-order chi connectivity index (χ1) is 9.41. The van der Waals surface area contributed by atoms with Crippen molar-refractivity contribution in [2.45, 2.75) is 38.0 Å². The van der Waals surface area contributed by atoms with Crippen LogP contribution in [0.3, 0.4) is 0 Å². The number of hydrogen-bond donors (Lipinski definition) is 2.